The van der Waals surface area contributed by atoms with Gasteiger partial charge in [0.1, 0.15) is 0 Å². The van der Waals surface area contributed by atoms with Gasteiger partial charge < -0.3 is 0 Å². The van der Waals surface area contributed by atoms with Crippen molar-refractivity contribution < 1.29 is 14.4 Å². The molecule has 0 aliphatic carbocycles. The van der Waals surface area contributed by atoms with Crippen LogP contribution in [-0.4, -0.2) is 16.8 Å². The van der Waals surface area contributed by atoms with Gasteiger partial charge in [0.2, 0.25) is 5.24 Å². The number of Topliss-reactive ketones (excluding diaryl/α,β-unsaturated/α-hetero) is 2. The van der Waals surface area contributed by atoms with Crippen molar-refractivity contribution in [3.8, 4) is 0 Å². The molecule has 0 saturated carbocycles. The summed E-state index contributed by atoms with van der Waals surface area (Å²) in [6.45, 7) is 2.84. The Labute approximate surface area is 105 Å². The summed E-state index contributed by atoms with van der Waals surface area (Å²) in [6.07, 6.45) is 0.694. The number of benzene rings is 1. The van der Waals surface area contributed by atoms with Crippen LogP contribution in [0.15, 0.2) is 18.2 Å². The standard InChI is InChI=1S/C13H13ClO3/c1-8(15)11-5-3-10(4-6-13(14)17)7-12(11)9(2)16/h3,5,7H,4,6H2,1-2H3. The third-order valence-electron chi connectivity index (χ3n) is 2.45. The number of carbonyl (C=O) groups excluding carboxylic acids is 3. The van der Waals surface area contributed by atoms with E-state index in [0.29, 0.717) is 17.5 Å². The SMILES string of the molecule is CC(=O)c1ccc(CCC(=O)Cl)cc1C(C)=O. The van der Waals surface area contributed by atoms with E-state index in [1.165, 1.54) is 13.8 Å². The zero-order chi connectivity index (χ0) is 13.0. The lowest BCUT2D eigenvalue weighted by Crippen LogP contribution is -2.05. The molecule has 3 nitrogen and oxygen atoms in total. The third kappa shape index (κ3) is 3.79. The smallest absolute Gasteiger partial charge is 0.221 e. The van der Waals surface area contributed by atoms with E-state index < -0.39 is 5.24 Å². The topological polar surface area (TPSA) is 51.2 Å². The summed E-state index contributed by atoms with van der Waals surface area (Å²) in [7, 11) is 0. The Bertz CT molecular complexity index is 478. The van der Waals surface area contributed by atoms with Crippen LogP contribution in [-0.2, 0) is 11.2 Å². The van der Waals surface area contributed by atoms with E-state index in [0.717, 1.165) is 5.56 Å². The summed E-state index contributed by atoms with van der Waals surface area (Å²) >= 11 is 5.25. The minimum absolute atomic E-state index is 0.143. The Morgan fingerprint density at radius 2 is 1.65 bits per heavy atom. The molecule has 17 heavy (non-hydrogen) atoms. The van der Waals surface area contributed by atoms with Gasteiger partial charge in [-0.2, -0.15) is 0 Å². The van der Waals surface area contributed by atoms with Gasteiger partial charge in [-0.25, -0.2) is 0 Å². The van der Waals surface area contributed by atoms with Gasteiger partial charge in [-0.1, -0.05) is 12.1 Å². The fourth-order valence-corrected chi connectivity index (χ4v) is 1.68. The first-order valence-electron chi connectivity index (χ1n) is 5.25. The van der Waals surface area contributed by atoms with Crippen molar-refractivity contribution in [2.24, 2.45) is 0 Å². The van der Waals surface area contributed by atoms with Crippen molar-refractivity contribution in [1.29, 1.82) is 0 Å². The molecule has 1 aromatic rings. The Hall–Kier alpha value is -1.48. The van der Waals surface area contributed by atoms with E-state index in [9.17, 15) is 14.4 Å². The monoisotopic (exact) mass is 252 g/mol. The van der Waals surface area contributed by atoms with Crippen molar-refractivity contribution in [2.45, 2.75) is 26.7 Å². The summed E-state index contributed by atoms with van der Waals surface area (Å²) < 4.78 is 0. The van der Waals surface area contributed by atoms with Crippen LogP contribution < -0.4 is 0 Å². The lowest BCUT2D eigenvalue weighted by atomic mass is 9.97. The van der Waals surface area contributed by atoms with E-state index >= 15 is 0 Å². The van der Waals surface area contributed by atoms with Crippen LogP contribution in [0, 0.1) is 0 Å². The molecule has 90 valence electrons. The van der Waals surface area contributed by atoms with Crippen molar-refractivity contribution in [1.82, 2.24) is 0 Å². The quantitative estimate of drug-likeness (QED) is 0.598. The molecule has 1 rings (SSSR count). The Kier molecular flexibility index (Phi) is 4.58. The molecule has 0 spiro atoms. The van der Waals surface area contributed by atoms with E-state index in [1.807, 2.05) is 0 Å². The molecular formula is C13H13ClO3. The molecule has 0 aliphatic rings. The van der Waals surface area contributed by atoms with Crippen LogP contribution in [0.25, 0.3) is 0 Å². The van der Waals surface area contributed by atoms with Gasteiger partial charge in [0.15, 0.2) is 11.6 Å². The highest BCUT2D eigenvalue weighted by Gasteiger charge is 2.12. The van der Waals surface area contributed by atoms with Gasteiger partial charge >= 0.3 is 0 Å². The normalized spacial score (nSPS) is 10.1. The molecule has 0 unspecified atom stereocenters. The van der Waals surface area contributed by atoms with E-state index in [1.54, 1.807) is 18.2 Å². The average molecular weight is 253 g/mol. The number of carbonyl (C=O) groups is 3. The highest BCUT2D eigenvalue weighted by Crippen LogP contribution is 2.15. The molecule has 0 radical (unpaired) electrons. The number of hydrogen-bond acceptors (Lipinski definition) is 3. The maximum Gasteiger partial charge on any atom is 0.221 e. The first-order chi connectivity index (χ1) is 7.91. The summed E-state index contributed by atoms with van der Waals surface area (Å²) in [5, 5.41) is -0.412. The van der Waals surface area contributed by atoms with Crippen molar-refractivity contribution in [3.05, 3.63) is 34.9 Å². The van der Waals surface area contributed by atoms with Crippen LogP contribution in [0.2, 0.25) is 0 Å². The predicted octanol–water partition coefficient (Wildman–Crippen LogP) is 2.79. The lowest BCUT2D eigenvalue weighted by molar-refractivity contribution is -0.111. The van der Waals surface area contributed by atoms with Gasteiger partial charge in [0.25, 0.3) is 0 Å². The molecule has 0 saturated heterocycles. The maximum atomic E-state index is 11.4. The number of halogens is 1. The van der Waals surface area contributed by atoms with Crippen LogP contribution in [0.3, 0.4) is 0 Å². The molecular weight excluding hydrogens is 240 g/mol. The average Bonchev–Trinajstić information content (AvgIpc) is 2.25. The fourth-order valence-electron chi connectivity index (χ4n) is 1.59. The highest BCUT2D eigenvalue weighted by atomic mass is 35.5. The second kappa shape index (κ2) is 5.73. The van der Waals surface area contributed by atoms with Crippen molar-refractivity contribution in [3.63, 3.8) is 0 Å². The molecule has 0 aromatic heterocycles. The van der Waals surface area contributed by atoms with Crippen LogP contribution in [0.1, 0.15) is 46.5 Å². The summed E-state index contributed by atoms with van der Waals surface area (Å²) in [5.41, 5.74) is 1.64. The Morgan fingerprint density at radius 3 is 2.12 bits per heavy atom. The highest BCUT2D eigenvalue weighted by molar-refractivity contribution is 6.63. The largest absolute Gasteiger partial charge is 0.294 e. The number of ketones is 2. The molecule has 0 amide bonds. The van der Waals surface area contributed by atoms with Crippen LogP contribution >= 0.6 is 11.6 Å². The minimum atomic E-state index is -0.412. The van der Waals surface area contributed by atoms with E-state index in [-0.39, 0.29) is 18.0 Å². The fraction of sp³-hybridized carbons (Fsp3) is 0.308. The van der Waals surface area contributed by atoms with Crippen LogP contribution in [0.5, 0.6) is 0 Å². The Balaban J connectivity index is 3.05. The van der Waals surface area contributed by atoms with Gasteiger partial charge in [0, 0.05) is 17.5 Å². The lowest BCUT2D eigenvalue weighted by Gasteiger charge is -2.06. The molecule has 0 N–H and O–H groups in total. The summed E-state index contributed by atoms with van der Waals surface area (Å²) in [6, 6.07) is 5.01. The van der Waals surface area contributed by atoms with Gasteiger partial charge in [-0.15, -0.1) is 0 Å². The third-order valence-corrected chi connectivity index (χ3v) is 2.64. The first-order valence-corrected chi connectivity index (χ1v) is 5.62. The van der Waals surface area contributed by atoms with Crippen molar-refractivity contribution >= 4 is 28.4 Å². The van der Waals surface area contributed by atoms with E-state index in [4.69, 9.17) is 11.6 Å². The number of rotatable bonds is 5. The maximum absolute atomic E-state index is 11.4. The van der Waals surface area contributed by atoms with Gasteiger partial charge in [-0.3, -0.25) is 14.4 Å². The summed E-state index contributed by atoms with van der Waals surface area (Å²) in [5.74, 6) is -0.301. The minimum Gasteiger partial charge on any atom is -0.294 e. The molecule has 0 atom stereocenters. The molecule has 0 heterocycles. The molecule has 1 aromatic carbocycles. The molecule has 0 fully saturated rings. The first kappa shape index (κ1) is 13.6. The molecule has 4 heteroatoms. The molecule has 0 bridgehead atoms. The zero-order valence-corrected chi connectivity index (χ0v) is 10.5. The van der Waals surface area contributed by atoms with Crippen LogP contribution in [0.4, 0.5) is 0 Å². The summed E-state index contributed by atoms with van der Waals surface area (Å²) in [4.78, 5) is 33.4. The van der Waals surface area contributed by atoms with Gasteiger partial charge in [0.05, 0.1) is 0 Å². The zero-order valence-electron chi connectivity index (χ0n) is 9.75. The Morgan fingerprint density at radius 1 is 1.06 bits per heavy atom. The predicted molar refractivity (Wildman–Crippen MR) is 65.6 cm³/mol. The van der Waals surface area contributed by atoms with Crippen molar-refractivity contribution in [2.75, 3.05) is 0 Å². The van der Waals surface area contributed by atoms with E-state index in [2.05, 4.69) is 0 Å². The second-order valence-corrected chi connectivity index (χ2v) is 4.27. The van der Waals surface area contributed by atoms with Gasteiger partial charge in [-0.05, 0) is 43.5 Å². The number of aryl methyl sites for hydroxylation is 1. The number of hydrogen-bond donors (Lipinski definition) is 0. The molecule has 0 aliphatic heterocycles. The second-order valence-electron chi connectivity index (χ2n) is 3.85.